The predicted molar refractivity (Wildman–Crippen MR) is 317 cm³/mol. The zero-order valence-corrected chi connectivity index (χ0v) is 54.0. The van der Waals surface area contributed by atoms with Crippen molar-refractivity contribution in [3.05, 3.63) is 42.5 Å². The number of anilines is 1. The Balaban J connectivity index is 1.14. The highest BCUT2D eigenvalue weighted by Gasteiger charge is 2.47. The van der Waals surface area contributed by atoms with Crippen molar-refractivity contribution in [1.29, 1.82) is 0 Å². The standard InChI is InChI=1S/C49H77N11O30P4/c1-3-28(2)39(49(72)73)59-46(70)32(11-15-38(65)66)57-45(69)31(10-14-37(63)64)58-47(71)33(24-29-6-8-30(9-7-29)88-92(76,77)78)56-36(62)13-12-35(61)51-16-4-18-83-20-22-85-23-21-84-19-5-17-55-91(74,75)89-94(81,82)90-93(79,80)86-25-34-41(67)42(68)48(87-34)60-27-54-40-43(50)52-26-53-44(40)60/h6-9,26-28,31-34,39,41-42,48,67-68H,3-5,10-25H2,1-2H3,(H,51,61)(H,56,62)(H,57,69)(H,58,71)(H,59,70)(H,63,64)(H,65,66)(H,72,73)(H,79,80)(H,81,82)(H2,50,52,53)(H2,55,74,75)(H2,76,77,78)/t28-,31-,32-,33-,34+,39-,41+,42+,48+/m0/s1. The molecule has 1 aromatic carbocycles. The number of phosphoric ester groups is 2. The van der Waals surface area contributed by atoms with Crippen LogP contribution in [0.3, 0.4) is 0 Å². The molecule has 3 aromatic rings. The number of nitrogens with one attached hydrogen (secondary N) is 6. The van der Waals surface area contributed by atoms with Crippen LogP contribution in [0.25, 0.3) is 11.2 Å². The van der Waals surface area contributed by atoms with Gasteiger partial charge in [-0.25, -0.2) is 43.1 Å². The van der Waals surface area contributed by atoms with Gasteiger partial charge in [0, 0.05) is 58.4 Å². The van der Waals surface area contributed by atoms with Crippen molar-refractivity contribution in [2.45, 2.75) is 127 Å². The number of carboxylic acids is 3. The molecule has 2 aromatic heterocycles. The number of aliphatic hydroxyl groups excluding tert-OH is 2. The fourth-order valence-corrected chi connectivity index (χ4v) is 12.5. The normalized spacial score (nSPS) is 19.2. The summed E-state index contributed by atoms with van der Waals surface area (Å²) in [5.74, 6) is -9.88. The van der Waals surface area contributed by atoms with Crippen molar-refractivity contribution in [1.82, 2.24) is 51.2 Å². The zero-order valence-electron chi connectivity index (χ0n) is 50.4. The number of benzene rings is 1. The Kier molecular flexibility index (Phi) is 32.5. The number of aromatic nitrogens is 4. The van der Waals surface area contributed by atoms with E-state index in [2.05, 4.69) is 59.2 Å². The lowest BCUT2D eigenvalue weighted by Crippen LogP contribution is -2.58. The van der Waals surface area contributed by atoms with Gasteiger partial charge in [0.05, 0.1) is 39.4 Å². The lowest BCUT2D eigenvalue weighted by Gasteiger charge is -2.27. The Morgan fingerprint density at radius 2 is 1.22 bits per heavy atom. The second kappa shape index (κ2) is 38.3. The molecule has 45 heteroatoms. The molecule has 1 saturated heterocycles. The first kappa shape index (κ1) is 79.9. The highest BCUT2D eigenvalue weighted by molar-refractivity contribution is 7.67. The topological polar surface area (TPSA) is 623 Å². The van der Waals surface area contributed by atoms with E-state index in [4.69, 9.17) is 24.7 Å². The third-order valence-electron chi connectivity index (χ3n) is 13.3. The number of imidazole rings is 1. The van der Waals surface area contributed by atoms with E-state index in [0.29, 0.717) is 12.8 Å². The van der Waals surface area contributed by atoms with E-state index >= 15 is 0 Å². The maximum absolute atomic E-state index is 14.0. The summed E-state index contributed by atoms with van der Waals surface area (Å²) in [6.45, 7) is 2.51. The Morgan fingerprint density at radius 3 is 1.79 bits per heavy atom. The molecule has 12 atom stereocenters. The molecule has 3 unspecified atom stereocenters. The number of hydrogen-bond donors (Lipinski definition) is 17. The number of aliphatic hydroxyl groups is 2. The van der Waals surface area contributed by atoms with Crippen LogP contribution in [0.1, 0.15) is 83.4 Å². The van der Waals surface area contributed by atoms with Gasteiger partial charge in [-0.05, 0) is 49.3 Å². The fraction of sp³-hybridized carbons (Fsp3) is 0.612. The summed E-state index contributed by atoms with van der Waals surface area (Å²) in [5.41, 5.74) is 6.28. The van der Waals surface area contributed by atoms with E-state index in [1.807, 2.05) is 5.09 Å². The number of rotatable bonds is 46. The minimum absolute atomic E-state index is 0.00438. The molecule has 1 aliphatic heterocycles. The molecular formula is C49H77N11O30P4. The number of fused-ring (bicyclic) bond motifs is 1. The maximum Gasteiger partial charge on any atom is 0.524 e. The van der Waals surface area contributed by atoms with Gasteiger partial charge < -0.3 is 96.0 Å². The van der Waals surface area contributed by atoms with Gasteiger partial charge in [-0.1, -0.05) is 32.4 Å². The molecule has 0 bridgehead atoms. The van der Waals surface area contributed by atoms with Crippen LogP contribution >= 0.6 is 31.2 Å². The second-order valence-corrected chi connectivity index (χ2v) is 26.6. The van der Waals surface area contributed by atoms with Gasteiger partial charge in [0.1, 0.15) is 60.1 Å². The van der Waals surface area contributed by atoms with Crippen molar-refractivity contribution < 1.29 is 143 Å². The number of phosphoric acid groups is 3. The largest absolute Gasteiger partial charge is 0.524 e. The summed E-state index contributed by atoms with van der Waals surface area (Å²) >= 11 is 0. The highest BCUT2D eigenvalue weighted by atomic mass is 31.3. The third kappa shape index (κ3) is 28.8. The lowest BCUT2D eigenvalue weighted by atomic mass is 9.98. The number of nitrogen functional groups attached to an aromatic ring is 1. The quantitative estimate of drug-likeness (QED) is 0.0219. The number of aliphatic carboxylic acids is 3. The second-order valence-electron chi connectivity index (χ2n) is 20.6. The van der Waals surface area contributed by atoms with Crippen molar-refractivity contribution in [3.8, 4) is 5.75 Å². The number of carboxylic acid groups (broad SMARTS) is 3. The Labute approximate surface area is 534 Å². The summed E-state index contributed by atoms with van der Waals surface area (Å²) in [5, 5.41) is 63.4. The number of nitrogens with zero attached hydrogens (tertiary/aromatic N) is 4. The Hall–Kier alpha value is -6.55. The van der Waals surface area contributed by atoms with Gasteiger partial charge in [0.2, 0.25) is 29.5 Å². The van der Waals surface area contributed by atoms with Crippen LogP contribution in [0.2, 0.25) is 0 Å². The number of nitrogens with two attached hydrogens (primary N) is 1. The van der Waals surface area contributed by atoms with Crippen molar-refractivity contribution in [2.24, 2.45) is 5.92 Å². The SMILES string of the molecule is CC[C@H](C)[C@H](NC(=O)[C@H](CCC(=O)O)NC(=O)[C@H](CCC(=O)O)NC(=O)[C@H](Cc1ccc(OP(=O)(O)O)cc1)NC(=O)CCC(=O)NCCCOCCOCCOCCCNP(=O)(O)OP(=O)(O)OP(=O)(O)OC[C@H]1O[C@@H](n2cnc3c(N)ncnc32)[C@H](O)[C@@H]1O)C(=O)O. The van der Waals surface area contributed by atoms with Crippen LogP contribution in [-0.2, 0) is 95.1 Å². The molecule has 0 saturated carbocycles. The first-order chi connectivity index (χ1) is 44.1. The van der Waals surface area contributed by atoms with Crippen LogP contribution in [0.4, 0.5) is 5.82 Å². The van der Waals surface area contributed by atoms with Gasteiger partial charge in [-0.15, -0.1) is 0 Å². The maximum atomic E-state index is 14.0. The molecule has 1 fully saturated rings. The molecule has 0 spiro atoms. The first-order valence-corrected chi connectivity index (χ1v) is 34.7. The summed E-state index contributed by atoms with van der Waals surface area (Å²) in [6.07, 6.45) is -7.16. The smallest absolute Gasteiger partial charge is 0.481 e. The van der Waals surface area contributed by atoms with Crippen LogP contribution in [0.15, 0.2) is 36.9 Å². The minimum Gasteiger partial charge on any atom is -0.481 e. The van der Waals surface area contributed by atoms with Gasteiger partial charge in [-0.3, -0.25) is 52.4 Å². The monoisotopic (exact) mass is 1420 g/mol. The number of hydrogen-bond acceptors (Lipinski definition) is 26. The van der Waals surface area contributed by atoms with Crippen molar-refractivity contribution >= 4 is 95.6 Å². The summed E-state index contributed by atoms with van der Waals surface area (Å²) in [7, 11) is -21.5. The van der Waals surface area contributed by atoms with E-state index in [1.165, 1.54) is 30.0 Å². The van der Waals surface area contributed by atoms with E-state index in [9.17, 15) is 107 Å². The van der Waals surface area contributed by atoms with Crippen LogP contribution in [0, 0.1) is 5.92 Å². The molecule has 41 nitrogen and oxygen atoms in total. The molecule has 3 heterocycles. The minimum atomic E-state index is -5.80. The number of carbonyl (C=O) groups excluding carboxylic acids is 5. The summed E-state index contributed by atoms with van der Waals surface area (Å²) in [4.78, 5) is 162. The molecular weight excluding hydrogens is 1350 g/mol. The van der Waals surface area contributed by atoms with Crippen LogP contribution in [-0.4, -0.2) is 219 Å². The first-order valence-electron chi connectivity index (χ1n) is 28.6. The number of amides is 5. The summed E-state index contributed by atoms with van der Waals surface area (Å²) < 4.78 is 89.1. The molecule has 5 amide bonds. The van der Waals surface area contributed by atoms with E-state index in [0.717, 1.165) is 18.5 Å². The van der Waals surface area contributed by atoms with Gasteiger partial charge >= 0.3 is 49.1 Å². The average Bonchev–Trinajstić information content (AvgIpc) is 1.62. The van der Waals surface area contributed by atoms with E-state index < -0.39 is 172 Å². The van der Waals surface area contributed by atoms with Crippen molar-refractivity contribution in [3.63, 3.8) is 0 Å². The van der Waals surface area contributed by atoms with Crippen molar-refractivity contribution in [2.75, 3.05) is 65.1 Å². The molecule has 18 N–H and O–H groups in total. The van der Waals surface area contributed by atoms with Gasteiger partial charge in [0.15, 0.2) is 17.7 Å². The lowest BCUT2D eigenvalue weighted by molar-refractivity contribution is -0.144. The molecule has 4 rings (SSSR count). The number of carbonyl (C=O) groups is 8. The third-order valence-corrected chi connectivity index (χ3v) is 18.2. The molecule has 1 aliphatic rings. The molecule has 0 aliphatic carbocycles. The van der Waals surface area contributed by atoms with E-state index in [1.54, 1.807) is 6.92 Å². The van der Waals surface area contributed by atoms with Crippen LogP contribution < -0.4 is 41.9 Å². The highest BCUT2D eigenvalue weighted by Crippen LogP contribution is 2.66. The molecule has 0 radical (unpaired) electrons. The Morgan fingerprint density at radius 1 is 0.670 bits per heavy atom. The predicted octanol–water partition coefficient (Wildman–Crippen LogP) is -1.79. The van der Waals surface area contributed by atoms with Gasteiger partial charge in [-0.2, -0.15) is 8.62 Å². The Bertz CT molecular complexity index is 3240. The summed E-state index contributed by atoms with van der Waals surface area (Å²) in [6, 6.07) is -1.62. The molecule has 528 valence electrons. The van der Waals surface area contributed by atoms with Crippen LogP contribution in [0.5, 0.6) is 5.75 Å². The number of ether oxygens (including phenoxy) is 4. The average molecular weight is 1420 g/mol. The van der Waals surface area contributed by atoms with Gasteiger partial charge in [0.25, 0.3) is 0 Å². The molecule has 94 heavy (non-hydrogen) atoms. The fourth-order valence-electron chi connectivity index (χ4n) is 8.40. The zero-order chi connectivity index (χ0) is 70.0. The van der Waals surface area contributed by atoms with E-state index in [-0.39, 0.29) is 100 Å².